The lowest BCUT2D eigenvalue weighted by Crippen LogP contribution is -2.37. The second-order valence-electron chi connectivity index (χ2n) is 5.33. The van der Waals surface area contributed by atoms with Crippen molar-refractivity contribution in [2.45, 2.75) is 25.1 Å². The molecule has 1 saturated heterocycles. The van der Waals surface area contributed by atoms with E-state index in [0.717, 1.165) is 18.5 Å². The summed E-state index contributed by atoms with van der Waals surface area (Å²) in [5, 5.41) is 9.89. The molecule has 1 aliphatic rings. The van der Waals surface area contributed by atoms with Crippen molar-refractivity contribution < 1.29 is 5.11 Å². The van der Waals surface area contributed by atoms with Crippen molar-refractivity contribution in [3.8, 4) is 0 Å². The fourth-order valence-electron chi connectivity index (χ4n) is 2.66. The predicted molar refractivity (Wildman–Crippen MR) is 74.6 cm³/mol. The summed E-state index contributed by atoms with van der Waals surface area (Å²) in [5.41, 5.74) is 7.99. The first-order valence-electron chi connectivity index (χ1n) is 6.48. The quantitative estimate of drug-likeness (QED) is 0.822. The Bertz CT molecular complexity index is 394. The topological polar surface area (TPSA) is 52.7 Å². The van der Waals surface area contributed by atoms with Crippen molar-refractivity contribution in [3.63, 3.8) is 0 Å². The molecule has 0 amide bonds. The van der Waals surface area contributed by atoms with Crippen LogP contribution in [0.15, 0.2) is 24.3 Å². The summed E-state index contributed by atoms with van der Waals surface area (Å²) in [5.74, 6) is 0. The lowest BCUT2D eigenvalue weighted by Gasteiger charge is -2.29. The number of nitrogens with zero attached hydrogens (tertiary/aromatic N) is 2. The van der Waals surface area contributed by atoms with Gasteiger partial charge in [-0.2, -0.15) is 0 Å². The van der Waals surface area contributed by atoms with Gasteiger partial charge in [-0.25, -0.2) is 0 Å². The van der Waals surface area contributed by atoms with Crippen LogP contribution in [0.5, 0.6) is 0 Å². The van der Waals surface area contributed by atoms with Gasteiger partial charge in [0, 0.05) is 31.4 Å². The molecule has 18 heavy (non-hydrogen) atoms. The maximum atomic E-state index is 9.89. The number of aliphatic hydroxyl groups is 1. The maximum Gasteiger partial charge on any atom is 0.0735 e. The summed E-state index contributed by atoms with van der Waals surface area (Å²) in [7, 11) is 4.14. The Morgan fingerprint density at radius 1 is 1.44 bits per heavy atom. The highest BCUT2D eigenvalue weighted by molar-refractivity contribution is 5.51. The first-order valence-corrected chi connectivity index (χ1v) is 6.48. The number of anilines is 1. The Kier molecular flexibility index (Phi) is 4.22. The number of rotatable bonds is 4. The molecule has 3 N–H and O–H groups in total. The van der Waals surface area contributed by atoms with Crippen LogP contribution in [0.1, 0.15) is 12.0 Å². The first kappa shape index (κ1) is 13.3. The molecule has 2 unspecified atom stereocenters. The highest BCUT2D eigenvalue weighted by Crippen LogP contribution is 2.26. The van der Waals surface area contributed by atoms with Gasteiger partial charge in [-0.1, -0.05) is 12.1 Å². The van der Waals surface area contributed by atoms with Gasteiger partial charge in [-0.05, 0) is 38.2 Å². The molecule has 0 radical (unpaired) electrons. The summed E-state index contributed by atoms with van der Waals surface area (Å²) in [6.07, 6.45) is 0.613. The molecular formula is C14H23N3O. The number of benzene rings is 1. The van der Waals surface area contributed by atoms with Gasteiger partial charge >= 0.3 is 0 Å². The zero-order chi connectivity index (χ0) is 13.1. The summed E-state index contributed by atoms with van der Waals surface area (Å²) in [6, 6.07) is 8.68. The normalized spacial score (nSPS) is 23.9. The van der Waals surface area contributed by atoms with Gasteiger partial charge < -0.3 is 20.6 Å². The molecule has 4 heteroatoms. The van der Waals surface area contributed by atoms with Crippen molar-refractivity contribution >= 4 is 5.69 Å². The van der Waals surface area contributed by atoms with E-state index in [1.807, 2.05) is 12.1 Å². The third kappa shape index (κ3) is 3.02. The fourth-order valence-corrected chi connectivity index (χ4v) is 2.66. The molecule has 0 aromatic heterocycles. The van der Waals surface area contributed by atoms with Crippen LogP contribution in [-0.2, 0) is 6.54 Å². The zero-order valence-electron chi connectivity index (χ0n) is 11.2. The smallest absolute Gasteiger partial charge is 0.0735 e. The number of likely N-dealkylation sites (N-methyl/N-ethyl adjacent to an activating group) is 1. The average molecular weight is 249 g/mol. The molecule has 4 nitrogen and oxygen atoms in total. The van der Waals surface area contributed by atoms with Gasteiger partial charge in [-0.15, -0.1) is 0 Å². The average Bonchev–Trinajstić information content (AvgIpc) is 2.69. The molecule has 0 aliphatic carbocycles. The van der Waals surface area contributed by atoms with Crippen LogP contribution in [0.3, 0.4) is 0 Å². The van der Waals surface area contributed by atoms with Gasteiger partial charge in [-0.3, -0.25) is 0 Å². The van der Waals surface area contributed by atoms with E-state index in [0.29, 0.717) is 19.1 Å². The van der Waals surface area contributed by atoms with Gasteiger partial charge in [0.1, 0.15) is 0 Å². The Morgan fingerprint density at radius 2 is 2.22 bits per heavy atom. The van der Waals surface area contributed by atoms with Crippen LogP contribution in [0.25, 0.3) is 0 Å². The van der Waals surface area contributed by atoms with E-state index < -0.39 is 0 Å². The van der Waals surface area contributed by atoms with Crippen LogP contribution < -0.4 is 10.6 Å². The molecule has 1 aromatic rings. The van der Waals surface area contributed by atoms with Gasteiger partial charge in [0.05, 0.1) is 6.10 Å². The van der Waals surface area contributed by atoms with Gasteiger partial charge in [0.2, 0.25) is 0 Å². The van der Waals surface area contributed by atoms with Crippen LogP contribution in [-0.4, -0.2) is 49.3 Å². The number of hydrogen-bond donors (Lipinski definition) is 2. The van der Waals surface area contributed by atoms with E-state index in [2.05, 4.69) is 36.0 Å². The zero-order valence-corrected chi connectivity index (χ0v) is 11.2. The predicted octanol–water partition coefficient (Wildman–Crippen LogP) is 0.646. The summed E-state index contributed by atoms with van der Waals surface area (Å²) < 4.78 is 0. The molecule has 0 spiro atoms. The van der Waals surface area contributed by atoms with Crippen molar-refractivity contribution in [2.75, 3.05) is 32.1 Å². The van der Waals surface area contributed by atoms with Gasteiger partial charge in [0.25, 0.3) is 0 Å². The Hall–Kier alpha value is -1.10. The molecule has 2 rings (SSSR count). The van der Waals surface area contributed by atoms with E-state index in [1.54, 1.807) is 0 Å². The fraction of sp³-hybridized carbons (Fsp3) is 0.571. The second-order valence-corrected chi connectivity index (χ2v) is 5.33. The van der Waals surface area contributed by atoms with Crippen molar-refractivity contribution in [1.82, 2.24) is 4.90 Å². The third-order valence-electron chi connectivity index (χ3n) is 3.45. The van der Waals surface area contributed by atoms with Crippen LogP contribution in [0, 0.1) is 0 Å². The molecule has 100 valence electrons. The molecule has 1 fully saturated rings. The van der Waals surface area contributed by atoms with Crippen molar-refractivity contribution in [1.29, 1.82) is 0 Å². The van der Waals surface area contributed by atoms with E-state index in [9.17, 15) is 5.11 Å². The Balaban J connectivity index is 2.18. The van der Waals surface area contributed by atoms with Crippen molar-refractivity contribution in [3.05, 3.63) is 29.8 Å². The van der Waals surface area contributed by atoms with Crippen LogP contribution in [0.2, 0.25) is 0 Å². The highest BCUT2D eigenvalue weighted by atomic mass is 16.3. The molecule has 1 aliphatic heterocycles. The van der Waals surface area contributed by atoms with Gasteiger partial charge in [0.15, 0.2) is 0 Å². The van der Waals surface area contributed by atoms with Crippen molar-refractivity contribution in [2.24, 2.45) is 5.73 Å². The van der Waals surface area contributed by atoms with E-state index in [4.69, 9.17) is 5.73 Å². The largest absolute Gasteiger partial charge is 0.391 e. The second kappa shape index (κ2) is 5.69. The molecule has 1 aromatic carbocycles. The molecule has 2 atom stereocenters. The third-order valence-corrected chi connectivity index (χ3v) is 3.45. The number of aliphatic hydroxyl groups excluding tert-OH is 1. The van der Waals surface area contributed by atoms with E-state index >= 15 is 0 Å². The Morgan fingerprint density at radius 3 is 2.89 bits per heavy atom. The standard InChI is InChI=1S/C14H23N3O/c1-16(2)9-13-7-14(18)10-17(13)12-5-3-4-11(6-12)8-15/h3-6,13-14,18H,7-10,15H2,1-2H3. The minimum atomic E-state index is -0.225. The first-order chi connectivity index (χ1) is 8.60. The lowest BCUT2D eigenvalue weighted by molar-refractivity contribution is 0.191. The lowest BCUT2D eigenvalue weighted by atomic mass is 10.1. The van der Waals surface area contributed by atoms with E-state index in [1.165, 1.54) is 5.69 Å². The SMILES string of the molecule is CN(C)CC1CC(O)CN1c1cccc(CN)c1. The number of β-amino-alcohol motifs (C(OH)–C–C–N with tert-alkyl or cyclic N) is 1. The molecule has 1 heterocycles. The summed E-state index contributed by atoms with van der Waals surface area (Å²) in [6.45, 7) is 2.24. The summed E-state index contributed by atoms with van der Waals surface area (Å²) >= 11 is 0. The van der Waals surface area contributed by atoms with Crippen LogP contribution in [0.4, 0.5) is 5.69 Å². The van der Waals surface area contributed by atoms with E-state index in [-0.39, 0.29) is 6.10 Å². The minimum Gasteiger partial charge on any atom is -0.391 e. The molecule has 0 bridgehead atoms. The van der Waals surface area contributed by atoms with Crippen LogP contribution >= 0.6 is 0 Å². The minimum absolute atomic E-state index is 0.225. The molecular weight excluding hydrogens is 226 g/mol. The summed E-state index contributed by atoms with van der Waals surface area (Å²) in [4.78, 5) is 4.46. The number of hydrogen-bond acceptors (Lipinski definition) is 4. The molecule has 0 saturated carbocycles. The monoisotopic (exact) mass is 249 g/mol. The number of nitrogens with two attached hydrogens (primary N) is 1. The maximum absolute atomic E-state index is 9.89. The Labute approximate surface area is 109 Å². The highest BCUT2D eigenvalue weighted by Gasteiger charge is 2.31.